The maximum absolute atomic E-state index is 11.5. The molecule has 1 heterocycles. The van der Waals surface area contributed by atoms with E-state index in [-0.39, 0.29) is 17.3 Å². The molecule has 0 bridgehead atoms. The Morgan fingerprint density at radius 2 is 2.44 bits per heavy atom. The van der Waals surface area contributed by atoms with Crippen LogP contribution in [0.15, 0.2) is 12.3 Å². The van der Waals surface area contributed by atoms with Crippen LogP contribution in [0.5, 0.6) is 0 Å². The highest BCUT2D eigenvalue weighted by Gasteiger charge is 2.24. The molecule has 0 unspecified atom stereocenters. The van der Waals surface area contributed by atoms with Crippen LogP contribution in [0.2, 0.25) is 5.15 Å². The summed E-state index contributed by atoms with van der Waals surface area (Å²) in [5, 5.41) is 10.3. The van der Waals surface area contributed by atoms with Crippen LogP contribution in [-0.4, -0.2) is 22.4 Å². The van der Waals surface area contributed by atoms with Gasteiger partial charge in [0.15, 0.2) is 0 Å². The van der Waals surface area contributed by atoms with Crippen molar-refractivity contribution in [3.05, 3.63) is 33.1 Å². The van der Waals surface area contributed by atoms with Crippen molar-refractivity contribution in [2.24, 2.45) is 0 Å². The van der Waals surface area contributed by atoms with Crippen LogP contribution in [0.3, 0.4) is 0 Å². The van der Waals surface area contributed by atoms with Crippen LogP contribution in [0.25, 0.3) is 0 Å². The van der Waals surface area contributed by atoms with Crippen LogP contribution >= 0.6 is 11.6 Å². The molecule has 0 atom stereocenters. The third-order valence-electron chi connectivity index (χ3n) is 1.62. The molecule has 1 rings (SSSR count). The lowest BCUT2D eigenvalue weighted by Gasteiger charge is -2.04. The molecule has 1 aromatic heterocycles. The van der Waals surface area contributed by atoms with Crippen molar-refractivity contribution >= 4 is 23.2 Å². The van der Waals surface area contributed by atoms with Gasteiger partial charge in [0.2, 0.25) is 5.15 Å². The number of hydrogen-bond donors (Lipinski definition) is 1. The van der Waals surface area contributed by atoms with Gasteiger partial charge in [0.1, 0.15) is 5.56 Å². The van der Waals surface area contributed by atoms with E-state index in [1.807, 2.05) is 5.48 Å². The second kappa shape index (κ2) is 5.38. The summed E-state index contributed by atoms with van der Waals surface area (Å²) in [6.45, 7) is 1.91. The largest absolute Gasteiger partial charge is 0.319 e. The summed E-state index contributed by atoms with van der Waals surface area (Å²) in [4.78, 5) is 29.5. The molecule has 0 aliphatic rings. The fourth-order valence-electron chi connectivity index (χ4n) is 0.978. The van der Waals surface area contributed by atoms with E-state index in [1.54, 1.807) is 6.92 Å². The highest BCUT2D eigenvalue weighted by molar-refractivity contribution is 6.32. The third-order valence-corrected chi connectivity index (χ3v) is 1.89. The van der Waals surface area contributed by atoms with E-state index in [0.717, 1.165) is 0 Å². The van der Waals surface area contributed by atoms with Crippen molar-refractivity contribution in [2.75, 3.05) is 6.61 Å². The lowest BCUT2D eigenvalue weighted by atomic mass is 10.2. The lowest BCUT2D eigenvalue weighted by molar-refractivity contribution is -0.385. The molecule has 8 heteroatoms. The number of carbonyl (C=O) groups excluding carboxylic acids is 1. The zero-order valence-electron chi connectivity index (χ0n) is 8.27. The Morgan fingerprint density at radius 1 is 1.75 bits per heavy atom. The van der Waals surface area contributed by atoms with Crippen LogP contribution in [0.4, 0.5) is 5.69 Å². The maximum atomic E-state index is 11.5. The number of hydroxylamine groups is 1. The van der Waals surface area contributed by atoms with Gasteiger partial charge < -0.3 is 0 Å². The van der Waals surface area contributed by atoms with Crippen molar-refractivity contribution < 1.29 is 14.6 Å². The molecule has 0 saturated carbocycles. The average molecular weight is 246 g/mol. The highest BCUT2D eigenvalue weighted by Crippen LogP contribution is 2.25. The number of nitrogens with one attached hydrogen (secondary N) is 1. The zero-order chi connectivity index (χ0) is 12.1. The highest BCUT2D eigenvalue weighted by atomic mass is 35.5. The van der Waals surface area contributed by atoms with E-state index in [4.69, 9.17) is 11.6 Å². The van der Waals surface area contributed by atoms with Gasteiger partial charge in [-0.05, 0) is 13.0 Å². The van der Waals surface area contributed by atoms with Crippen LogP contribution in [-0.2, 0) is 4.84 Å². The van der Waals surface area contributed by atoms with Crippen LogP contribution < -0.4 is 5.48 Å². The molecule has 0 aliphatic carbocycles. The fourth-order valence-corrected chi connectivity index (χ4v) is 1.21. The molecule has 0 aliphatic heterocycles. The number of rotatable bonds is 4. The molecule has 16 heavy (non-hydrogen) atoms. The number of hydrogen-bond acceptors (Lipinski definition) is 5. The van der Waals surface area contributed by atoms with E-state index in [2.05, 4.69) is 9.82 Å². The predicted octanol–water partition coefficient (Wildman–Crippen LogP) is 1.32. The average Bonchev–Trinajstić information content (AvgIpc) is 2.24. The molecule has 1 amide bonds. The summed E-state index contributed by atoms with van der Waals surface area (Å²) in [5.41, 5.74) is 1.31. The summed E-state index contributed by atoms with van der Waals surface area (Å²) >= 11 is 5.53. The van der Waals surface area contributed by atoms with Gasteiger partial charge in [0, 0.05) is 6.20 Å². The predicted molar refractivity (Wildman–Crippen MR) is 55.0 cm³/mol. The Kier molecular flexibility index (Phi) is 4.15. The normalized spacial score (nSPS) is 9.88. The number of aromatic nitrogens is 1. The number of carbonyl (C=O) groups is 1. The maximum Gasteiger partial charge on any atom is 0.319 e. The minimum Gasteiger partial charge on any atom is -0.274 e. The molecule has 1 aromatic rings. The van der Waals surface area contributed by atoms with Crippen LogP contribution in [0.1, 0.15) is 17.3 Å². The Morgan fingerprint density at radius 3 is 3.00 bits per heavy atom. The number of nitro groups is 1. The van der Waals surface area contributed by atoms with Gasteiger partial charge in [0.05, 0.1) is 11.5 Å². The van der Waals surface area contributed by atoms with Gasteiger partial charge in [-0.1, -0.05) is 11.6 Å². The van der Waals surface area contributed by atoms with Gasteiger partial charge in [-0.15, -0.1) is 0 Å². The first-order valence-electron chi connectivity index (χ1n) is 4.29. The second-order valence-corrected chi connectivity index (χ2v) is 2.98. The van der Waals surface area contributed by atoms with Crippen LogP contribution in [0, 0.1) is 10.1 Å². The minimum atomic E-state index is -0.768. The molecule has 86 valence electrons. The molecule has 0 radical (unpaired) electrons. The number of pyridine rings is 1. The first kappa shape index (κ1) is 12.3. The smallest absolute Gasteiger partial charge is 0.274 e. The standard InChI is InChI=1S/C8H8ClN3O4/c1-2-16-11-8(13)5-3-4-10-7(9)6(5)12(14)15/h3-4H,2H2,1H3,(H,11,13). The lowest BCUT2D eigenvalue weighted by Crippen LogP contribution is -2.24. The third kappa shape index (κ3) is 2.65. The van der Waals surface area contributed by atoms with E-state index < -0.39 is 16.5 Å². The Bertz CT molecular complexity index is 424. The molecule has 0 spiro atoms. The van der Waals surface area contributed by atoms with Gasteiger partial charge >= 0.3 is 5.69 Å². The van der Waals surface area contributed by atoms with Crippen molar-refractivity contribution in [3.63, 3.8) is 0 Å². The molecule has 0 aromatic carbocycles. The number of amides is 1. The molecule has 1 N–H and O–H groups in total. The van der Waals surface area contributed by atoms with Gasteiger partial charge in [-0.2, -0.15) is 0 Å². The van der Waals surface area contributed by atoms with E-state index in [9.17, 15) is 14.9 Å². The molecule has 0 fully saturated rings. The Hall–Kier alpha value is -1.73. The van der Waals surface area contributed by atoms with Crippen molar-refractivity contribution in [1.29, 1.82) is 0 Å². The van der Waals surface area contributed by atoms with E-state index in [0.29, 0.717) is 0 Å². The molecule has 7 nitrogen and oxygen atoms in total. The van der Waals surface area contributed by atoms with Crippen molar-refractivity contribution in [3.8, 4) is 0 Å². The summed E-state index contributed by atoms with van der Waals surface area (Å²) in [7, 11) is 0. The van der Waals surface area contributed by atoms with Gasteiger partial charge in [0.25, 0.3) is 5.91 Å². The molecule has 0 saturated heterocycles. The molecular formula is C8H8ClN3O4. The number of halogens is 1. The van der Waals surface area contributed by atoms with Gasteiger partial charge in [-0.3, -0.25) is 19.7 Å². The zero-order valence-corrected chi connectivity index (χ0v) is 9.02. The second-order valence-electron chi connectivity index (χ2n) is 2.62. The summed E-state index contributed by atoms with van der Waals surface area (Å²) in [5.74, 6) is -0.738. The SMILES string of the molecule is CCONC(=O)c1ccnc(Cl)c1[N+](=O)[O-]. The van der Waals surface area contributed by atoms with E-state index >= 15 is 0 Å². The minimum absolute atomic E-state index is 0.196. The molecular weight excluding hydrogens is 238 g/mol. The van der Waals surface area contributed by atoms with Gasteiger partial charge in [-0.25, -0.2) is 10.5 Å². The Balaban J connectivity index is 3.08. The topological polar surface area (TPSA) is 94.4 Å². The summed E-state index contributed by atoms with van der Waals surface area (Å²) in [6, 6.07) is 1.19. The Labute approximate surface area is 95.5 Å². The number of nitrogens with zero attached hydrogens (tertiary/aromatic N) is 2. The first-order chi connectivity index (χ1) is 7.57. The van der Waals surface area contributed by atoms with E-state index in [1.165, 1.54) is 12.3 Å². The van der Waals surface area contributed by atoms with Crippen molar-refractivity contribution in [2.45, 2.75) is 6.92 Å². The quantitative estimate of drug-likeness (QED) is 0.490. The van der Waals surface area contributed by atoms with Crippen molar-refractivity contribution in [1.82, 2.24) is 10.5 Å². The first-order valence-corrected chi connectivity index (χ1v) is 4.66. The fraction of sp³-hybridized carbons (Fsp3) is 0.250. The summed E-state index contributed by atoms with van der Waals surface area (Å²) in [6.07, 6.45) is 1.20. The summed E-state index contributed by atoms with van der Waals surface area (Å²) < 4.78 is 0. The monoisotopic (exact) mass is 245 g/mol.